The molecule has 1 N–H and O–H groups in total. The molecule has 0 saturated carbocycles. The van der Waals surface area contributed by atoms with Gasteiger partial charge in [0.25, 0.3) is 0 Å². The quantitative estimate of drug-likeness (QED) is 0.619. The average Bonchev–Trinajstić information content (AvgIpc) is 2.23. The number of hydrogen-bond donors (Lipinski definition) is 1. The van der Waals surface area contributed by atoms with Gasteiger partial charge < -0.3 is 19.3 Å². The molecule has 3 unspecified atom stereocenters. The van der Waals surface area contributed by atoms with Gasteiger partial charge in [0, 0.05) is 0 Å². The highest BCUT2D eigenvalue weighted by Crippen LogP contribution is 2.03. The first-order valence-electron chi connectivity index (χ1n) is 6.02. The Morgan fingerprint density at radius 3 is 2.00 bits per heavy atom. The third-order valence-electron chi connectivity index (χ3n) is 2.02. The van der Waals surface area contributed by atoms with Crippen molar-refractivity contribution in [2.24, 2.45) is 0 Å². The van der Waals surface area contributed by atoms with E-state index < -0.39 is 6.29 Å². The first-order chi connectivity index (χ1) is 7.45. The van der Waals surface area contributed by atoms with Crippen LogP contribution in [0.1, 0.15) is 41.0 Å². The molecule has 0 aliphatic heterocycles. The van der Waals surface area contributed by atoms with Crippen molar-refractivity contribution in [3.63, 3.8) is 0 Å². The predicted octanol–water partition coefficient (Wildman–Crippen LogP) is 1.95. The summed E-state index contributed by atoms with van der Waals surface area (Å²) < 4.78 is 16.2. The Labute approximate surface area is 98.9 Å². The van der Waals surface area contributed by atoms with E-state index in [9.17, 15) is 5.11 Å². The van der Waals surface area contributed by atoms with Crippen LogP contribution < -0.4 is 0 Å². The second-order valence-corrected chi connectivity index (χ2v) is 4.34. The Morgan fingerprint density at radius 1 is 0.938 bits per heavy atom. The van der Waals surface area contributed by atoms with Gasteiger partial charge in [0.15, 0.2) is 6.29 Å². The van der Waals surface area contributed by atoms with E-state index in [0.717, 1.165) is 0 Å². The summed E-state index contributed by atoms with van der Waals surface area (Å²) in [4.78, 5) is 0. The summed E-state index contributed by atoms with van der Waals surface area (Å²) in [6, 6.07) is 0. The topological polar surface area (TPSA) is 47.9 Å². The van der Waals surface area contributed by atoms with E-state index in [-0.39, 0.29) is 18.3 Å². The van der Waals surface area contributed by atoms with Crippen molar-refractivity contribution in [1.82, 2.24) is 0 Å². The Hall–Kier alpha value is -0.160. The van der Waals surface area contributed by atoms with Gasteiger partial charge in [0.05, 0.1) is 31.5 Å². The molecule has 0 radical (unpaired) electrons. The van der Waals surface area contributed by atoms with Crippen LogP contribution in [0.15, 0.2) is 0 Å². The van der Waals surface area contributed by atoms with Crippen molar-refractivity contribution in [2.45, 2.75) is 65.6 Å². The summed E-state index contributed by atoms with van der Waals surface area (Å²) in [6.07, 6.45) is 0.0715. The van der Waals surface area contributed by atoms with Crippen molar-refractivity contribution >= 4 is 0 Å². The molecule has 16 heavy (non-hydrogen) atoms. The van der Waals surface area contributed by atoms with Crippen LogP contribution in [-0.2, 0) is 14.2 Å². The maximum absolute atomic E-state index is 9.27. The molecule has 98 valence electrons. The van der Waals surface area contributed by atoms with E-state index in [1.807, 2.05) is 34.6 Å². The zero-order valence-corrected chi connectivity index (χ0v) is 11.1. The van der Waals surface area contributed by atoms with Gasteiger partial charge in [-0.2, -0.15) is 0 Å². The molecule has 0 spiro atoms. The number of rotatable bonds is 9. The van der Waals surface area contributed by atoms with Crippen molar-refractivity contribution in [1.29, 1.82) is 0 Å². The summed E-state index contributed by atoms with van der Waals surface area (Å²) in [7, 11) is 0. The van der Waals surface area contributed by atoms with Crippen molar-refractivity contribution < 1.29 is 19.3 Å². The first-order valence-corrected chi connectivity index (χ1v) is 6.02. The molecule has 4 heteroatoms. The molecule has 0 aromatic heterocycles. The van der Waals surface area contributed by atoms with Crippen LogP contribution in [0.5, 0.6) is 0 Å². The van der Waals surface area contributed by atoms with Gasteiger partial charge in [-0.1, -0.05) is 6.92 Å². The lowest BCUT2D eigenvalue weighted by atomic mass is 10.4. The van der Waals surface area contributed by atoms with E-state index in [4.69, 9.17) is 14.2 Å². The Kier molecular flexibility index (Phi) is 8.84. The second-order valence-electron chi connectivity index (χ2n) is 4.34. The van der Waals surface area contributed by atoms with Gasteiger partial charge in [-0.15, -0.1) is 0 Å². The summed E-state index contributed by atoms with van der Waals surface area (Å²) in [5.41, 5.74) is 0. The lowest BCUT2D eigenvalue weighted by Gasteiger charge is -2.20. The first kappa shape index (κ1) is 15.8. The summed E-state index contributed by atoms with van der Waals surface area (Å²) in [5.74, 6) is 0. The van der Waals surface area contributed by atoms with Crippen LogP contribution in [0.3, 0.4) is 0 Å². The fourth-order valence-electron chi connectivity index (χ4n) is 1.08. The number of hydrogen-bond acceptors (Lipinski definition) is 4. The molecule has 0 aliphatic carbocycles. The fourth-order valence-corrected chi connectivity index (χ4v) is 1.08. The van der Waals surface area contributed by atoms with Crippen LogP contribution in [-0.4, -0.2) is 42.9 Å². The lowest BCUT2D eigenvalue weighted by Crippen LogP contribution is -2.27. The van der Waals surface area contributed by atoms with E-state index in [0.29, 0.717) is 19.6 Å². The largest absolute Gasteiger partial charge is 0.376 e. The van der Waals surface area contributed by atoms with E-state index in [1.165, 1.54) is 0 Å². The summed E-state index contributed by atoms with van der Waals surface area (Å²) in [5, 5.41) is 9.27. The number of ether oxygens (including phenoxy) is 3. The molecular weight excluding hydrogens is 208 g/mol. The molecule has 0 amide bonds. The van der Waals surface area contributed by atoms with Gasteiger partial charge in [0.1, 0.15) is 0 Å². The standard InChI is InChI=1S/C12H26O4/c1-6-12(13)16-11(5)8-15-10(4)7-14-9(2)3/h9-13H,6-8H2,1-5H3. The van der Waals surface area contributed by atoms with Crippen LogP contribution in [0.4, 0.5) is 0 Å². The summed E-state index contributed by atoms with van der Waals surface area (Å²) in [6.45, 7) is 10.8. The van der Waals surface area contributed by atoms with Gasteiger partial charge >= 0.3 is 0 Å². The molecule has 0 rings (SSSR count). The third-order valence-corrected chi connectivity index (χ3v) is 2.02. The minimum Gasteiger partial charge on any atom is -0.376 e. The fraction of sp³-hybridized carbons (Fsp3) is 1.00. The SMILES string of the molecule is CCC(O)OC(C)COC(C)COC(C)C. The number of aliphatic hydroxyl groups excluding tert-OH is 1. The van der Waals surface area contributed by atoms with Crippen LogP contribution >= 0.6 is 0 Å². The van der Waals surface area contributed by atoms with Gasteiger partial charge in [-0.3, -0.25) is 0 Å². The van der Waals surface area contributed by atoms with Crippen molar-refractivity contribution in [3.8, 4) is 0 Å². The highest BCUT2D eigenvalue weighted by atomic mass is 16.6. The van der Waals surface area contributed by atoms with E-state index in [2.05, 4.69) is 0 Å². The molecule has 3 atom stereocenters. The predicted molar refractivity (Wildman–Crippen MR) is 63.3 cm³/mol. The Bertz CT molecular complexity index is 161. The van der Waals surface area contributed by atoms with Gasteiger partial charge in [-0.05, 0) is 34.1 Å². The highest BCUT2D eigenvalue weighted by molar-refractivity contribution is 4.54. The molecule has 4 nitrogen and oxygen atoms in total. The van der Waals surface area contributed by atoms with Crippen molar-refractivity contribution in [2.75, 3.05) is 13.2 Å². The molecule has 0 aliphatic rings. The van der Waals surface area contributed by atoms with Crippen LogP contribution in [0.2, 0.25) is 0 Å². The second kappa shape index (κ2) is 8.93. The van der Waals surface area contributed by atoms with Gasteiger partial charge in [0.2, 0.25) is 0 Å². The maximum atomic E-state index is 9.27. The van der Waals surface area contributed by atoms with E-state index >= 15 is 0 Å². The maximum Gasteiger partial charge on any atom is 0.154 e. The average molecular weight is 234 g/mol. The molecular formula is C12H26O4. The van der Waals surface area contributed by atoms with Crippen LogP contribution in [0, 0.1) is 0 Å². The van der Waals surface area contributed by atoms with Crippen molar-refractivity contribution in [3.05, 3.63) is 0 Å². The van der Waals surface area contributed by atoms with Gasteiger partial charge in [-0.25, -0.2) is 0 Å². The molecule has 0 saturated heterocycles. The minimum atomic E-state index is -0.694. The Balaban J connectivity index is 3.54. The molecule has 0 fully saturated rings. The third kappa shape index (κ3) is 9.09. The molecule has 0 aromatic carbocycles. The zero-order valence-electron chi connectivity index (χ0n) is 11.1. The smallest absolute Gasteiger partial charge is 0.154 e. The number of aliphatic hydroxyl groups is 1. The molecule has 0 bridgehead atoms. The molecule has 0 heterocycles. The van der Waals surface area contributed by atoms with E-state index in [1.54, 1.807) is 0 Å². The lowest BCUT2D eigenvalue weighted by molar-refractivity contribution is -0.155. The minimum absolute atomic E-state index is 0.0484. The normalized spacial score (nSPS) is 17.4. The monoisotopic (exact) mass is 234 g/mol. The zero-order chi connectivity index (χ0) is 12.6. The highest BCUT2D eigenvalue weighted by Gasteiger charge is 2.11. The van der Waals surface area contributed by atoms with Crippen LogP contribution in [0.25, 0.3) is 0 Å². The summed E-state index contributed by atoms with van der Waals surface area (Å²) >= 11 is 0. The Morgan fingerprint density at radius 2 is 1.50 bits per heavy atom. The molecule has 0 aromatic rings.